The van der Waals surface area contributed by atoms with Crippen LogP contribution in [-0.4, -0.2) is 9.97 Å². The van der Waals surface area contributed by atoms with E-state index in [4.69, 9.17) is 9.72 Å². The maximum atomic E-state index is 6.30. The van der Waals surface area contributed by atoms with Crippen LogP contribution in [-0.2, 0) is 15.9 Å². The molecule has 0 fully saturated rings. The van der Waals surface area contributed by atoms with Crippen LogP contribution < -0.4 is 0 Å². The third-order valence-corrected chi connectivity index (χ3v) is 4.74. The van der Waals surface area contributed by atoms with Crippen LogP contribution in [0.25, 0.3) is 21.7 Å². The summed E-state index contributed by atoms with van der Waals surface area (Å²) < 4.78 is 6.30. The van der Waals surface area contributed by atoms with Crippen LogP contribution in [0.15, 0.2) is 30.6 Å². The number of benzene rings is 1. The largest absolute Gasteiger partial charge is 0.360 e. The number of hydrogen-bond acceptors (Lipinski definition) is 3. The van der Waals surface area contributed by atoms with Crippen LogP contribution in [0.4, 0.5) is 0 Å². The van der Waals surface area contributed by atoms with Gasteiger partial charge in [0.1, 0.15) is 0 Å². The lowest BCUT2D eigenvalue weighted by molar-refractivity contribution is -0.104. The molecule has 1 aromatic carbocycles. The summed E-state index contributed by atoms with van der Waals surface area (Å²) in [6.45, 7) is 10.5. The fourth-order valence-corrected chi connectivity index (χ4v) is 3.91. The molecule has 1 aliphatic rings. The quantitative estimate of drug-likeness (QED) is 0.568. The van der Waals surface area contributed by atoms with Crippen LogP contribution in [0.5, 0.6) is 0 Å². The summed E-state index contributed by atoms with van der Waals surface area (Å²) in [5.41, 5.74) is 3.92. The fourth-order valence-electron chi connectivity index (χ4n) is 3.91. The Morgan fingerprint density at radius 1 is 0.864 bits per heavy atom. The molecule has 0 radical (unpaired) electrons. The van der Waals surface area contributed by atoms with Crippen LogP contribution in [0.3, 0.4) is 0 Å². The fraction of sp³-hybridized carbons (Fsp3) is 0.368. The molecule has 112 valence electrons. The van der Waals surface area contributed by atoms with Crippen molar-refractivity contribution in [1.29, 1.82) is 0 Å². The highest BCUT2D eigenvalue weighted by molar-refractivity contribution is 6.07. The number of ether oxygens (including phenoxy) is 1. The highest BCUT2D eigenvalue weighted by Crippen LogP contribution is 2.49. The van der Waals surface area contributed by atoms with Crippen molar-refractivity contribution in [1.82, 2.24) is 9.97 Å². The Bertz CT molecular complexity index is 926. The van der Waals surface area contributed by atoms with Crippen molar-refractivity contribution in [2.45, 2.75) is 45.8 Å². The van der Waals surface area contributed by atoms with Crippen LogP contribution in [0.1, 0.15) is 44.5 Å². The van der Waals surface area contributed by atoms with Gasteiger partial charge in [0.2, 0.25) is 0 Å². The molecule has 0 N–H and O–H groups in total. The summed E-state index contributed by atoms with van der Waals surface area (Å²) in [6.07, 6.45) is 3.85. The van der Waals surface area contributed by atoms with Crippen molar-refractivity contribution in [2.24, 2.45) is 0 Å². The van der Waals surface area contributed by atoms with E-state index in [1.807, 2.05) is 19.3 Å². The molecule has 0 aliphatic carbocycles. The molecule has 3 aromatic rings. The summed E-state index contributed by atoms with van der Waals surface area (Å²) in [5.74, 6) is 0. The summed E-state index contributed by atoms with van der Waals surface area (Å²) in [6, 6.07) is 6.38. The average Bonchev–Trinajstić information content (AvgIpc) is 2.64. The number of hydrogen-bond donors (Lipinski definition) is 0. The summed E-state index contributed by atoms with van der Waals surface area (Å²) >= 11 is 0. The lowest BCUT2D eigenvalue weighted by Crippen LogP contribution is -2.22. The molecule has 0 atom stereocenters. The zero-order chi connectivity index (χ0) is 15.7. The SMILES string of the molecule is Cc1nccc2c1ccc1c3c(cnc12)C(C)(C)OC3(C)C. The Morgan fingerprint density at radius 2 is 1.59 bits per heavy atom. The van der Waals surface area contributed by atoms with Gasteiger partial charge in [-0.05, 0) is 40.7 Å². The van der Waals surface area contributed by atoms with Gasteiger partial charge in [-0.25, -0.2) is 0 Å². The second kappa shape index (κ2) is 4.05. The van der Waals surface area contributed by atoms with E-state index in [0.29, 0.717) is 0 Å². The Kier molecular flexibility index (Phi) is 2.51. The standard InChI is InChI=1S/C19H20N2O/c1-11-12-6-7-14-16-15(18(2,3)22-19(16,4)5)10-21-17(14)13(12)8-9-20-11/h6-10H,1-5H3. The van der Waals surface area contributed by atoms with E-state index in [9.17, 15) is 0 Å². The summed E-state index contributed by atoms with van der Waals surface area (Å²) in [4.78, 5) is 9.16. The number of fused-ring (bicyclic) bond motifs is 5. The van der Waals surface area contributed by atoms with Gasteiger partial charge in [0.25, 0.3) is 0 Å². The van der Waals surface area contributed by atoms with Crippen LogP contribution in [0, 0.1) is 6.92 Å². The lowest BCUT2D eigenvalue weighted by Gasteiger charge is -2.24. The average molecular weight is 292 g/mol. The number of rotatable bonds is 0. The first-order valence-corrected chi connectivity index (χ1v) is 7.69. The molecule has 1 aliphatic heterocycles. The molecule has 3 nitrogen and oxygen atoms in total. The lowest BCUT2D eigenvalue weighted by atomic mass is 9.88. The highest BCUT2D eigenvalue weighted by atomic mass is 16.5. The minimum absolute atomic E-state index is 0.302. The number of aromatic nitrogens is 2. The molecule has 22 heavy (non-hydrogen) atoms. The van der Waals surface area contributed by atoms with Gasteiger partial charge in [0, 0.05) is 45.4 Å². The molecule has 0 bridgehead atoms. The maximum Gasteiger partial charge on any atom is 0.0905 e. The van der Waals surface area contributed by atoms with Crippen molar-refractivity contribution in [3.8, 4) is 0 Å². The highest BCUT2D eigenvalue weighted by Gasteiger charge is 2.44. The van der Waals surface area contributed by atoms with Gasteiger partial charge in [0.05, 0.1) is 16.7 Å². The molecule has 0 saturated carbocycles. The summed E-state index contributed by atoms with van der Waals surface area (Å²) in [5, 5.41) is 3.51. The number of pyridine rings is 2. The van der Waals surface area contributed by atoms with Crippen molar-refractivity contribution in [2.75, 3.05) is 0 Å². The monoisotopic (exact) mass is 292 g/mol. The van der Waals surface area contributed by atoms with Crippen LogP contribution >= 0.6 is 0 Å². The Hall–Kier alpha value is -2.00. The van der Waals surface area contributed by atoms with Crippen LogP contribution in [0.2, 0.25) is 0 Å². The molecular formula is C19H20N2O. The maximum absolute atomic E-state index is 6.30. The van der Waals surface area contributed by atoms with Gasteiger partial charge in [-0.15, -0.1) is 0 Å². The minimum Gasteiger partial charge on any atom is -0.360 e. The molecule has 0 amide bonds. The van der Waals surface area contributed by atoms with E-state index in [-0.39, 0.29) is 11.2 Å². The molecule has 3 heterocycles. The van der Waals surface area contributed by atoms with E-state index >= 15 is 0 Å². The van der Waals surface area contributed by atoms with Gasteiger partial charge in [-0.3, -0.25) is 9.97 Å². The smallest absolute Gasteiger partial charge is 0.0905 e. The molecule has 3 heteroatoms. The Labute approximate surface area is 130 Å². The van der Waals surface area contributed by atoms with Gasteiger partial charge in [0.15, 0.2) is 0 Å². The first-order chi connectivity index (χ1) is 10.3. The molecule has 0 saturated heterocycles. The second-order valence-electron chi connectivity index (χ2n) is 7.12. The van der Waals surface area contributed by atoms with E-state index in [0.717, 1.165) is 16.6 Å². The molecular weight excluding hydrogens is 272 g/mol. The zero-order valence-electron chi connectivity index (χ0n) is 13.7. The number of nitrogens with zero attached hydrogens (tertiary/aromatic N) is 2. The first kappa shape index (κ1) is 13.6. The van der Waals surface area contributed by atoms with Gasteiger partial charge in [-0.1, -0.05) is 12.1 Å². The topological polar surface area (TPSA) is 35.0 Å². The van der Waals surface area contributed by atoms with Crippen molar-refractivity contribution >= 4 is 21.7 Å². The van der Waals surface area contributed by atoms with E-state index < -0.39 is 0 Å². The molecule has 0 unspecified atom stereocenters. The third kappa shape index (κ3) is 1.66. The van der Waals surface area contributed by atoms with Crippen molar-refractivity contribution in [3.05, 3.63) is 47.4 Å². The predicted octanol–water partition coefficient (Wildman–Crippen LogP) is 4.59. The molecule has 4 rings (SSSR count). The summed E-state index contributed by atoms with van der Waals surface area (Å²) in [7, 11) is 0. The van der Waals surface area contributed by atoms with Crippen molar-refractivity contribution in [3.63, 3.8) is 0 Å². The number of aryl methyl sites for hydroxylation is 1. The van der Waals surface area contributed by atoms with E-state index in [1.54, 1.807) is 0 Å². The Morgan fingerprint density at radius 3 is 2.36 bits per heavy atom. The second-order valence-corrected chi connectivity index (χ2v) is 7.12. The van der Waals surface area contributed by atoms with Gasteiger partial charge in [-0.2, -0.15) is 0 Å². The van der Waals surface area contributed by atoms with E-state index in [2.05, 4.69) is 50.9 Å². The first-order valence-electron chi connectivity index (χ1n) is 7.69. The van der Waals surface area contributed by atoms with Gasteiger partial charge >= 0.3 is 0 Å². The Balaban J connectivity index is 2.19. The predicted molar refractivity (Wildman–Crippen MR) is 88.9 cm³/mol. The molecule has 2 aromatic heterocycles. The van der Waals surface area contributed by atoms with Crippen molar-refractivity contribution < 1.29 is 4.74 Å². The molecule has 0 spiro atoms. The van der Waals surface area contributed by atoms with E-state index in [1.165, 1.54) is 21.9 Å². The zero-order valence-corrected chi connectivity index (χ0v) is 13.7. The normalized spacial score (nSPS) is 18.8. The minimum atomic E-state index is -0.310. The van der Waals surface area contributed by atoms with Gasteiger partial charge < -0.3 is 4.74 Å². The third-order valence-electron chi connectivity index (χ3n) is 4.74.